The van der Waals surface area contributed by atoms with Crippen molar-refractivity contribution in [3.05, 3.63) is 62.6 Å². The first-order chi connectivity index (χ1) is 13.7. The lowest BCUT2D eigenvalue weighted by molar-refractivity contribution is -0.384. The first-order valence-corrected chi connectivity index (χ1v) is 10.9. The Kier molecular flexibility index (Phi) is 6.42. The van der Waals surface area contributed by atoms with E-state index in [0.717, 1.165) is 0 Å². The second-order valence-electron chi connectivity index (χ2n) is 6.57. The molecule has 1 aliphatic heterocycles. The van der Waals surface area contributed by atoms with Crippen molar-refractivity contribution in [3.63, 3.8) is 0 Å². The van der Waals surface area contributed by atoms with Crippen molar-refractivity contribution in [2.24, 2.45) is 5.92 Å². The monoisotopic (exact) mass is 457 g/mol. The van der Waals surface area contributed by atoms with Gasteiger partial charge >= 0.3 is 0 Å². The summed E-state index contributed by atoms with van der Waals surface area (Å²) in [5.41, 5.74) is -0.0937. The standard InChI is InChI=1S/C18H17Cl2N3O5S/c19-13-3-6-15(7-4-13)29(27,28)22-9-1-2-12(11-22)18(24)21-17-10-14(23(25)26)5-8-16(17)20/h3-8,10,12H,1-2,9,11H2,(H,21,24)/t12-/m0/s1. The van der Waals surface area contributed by atoms with Gasteiger partial charge in [0.05, 0.1) is 26.4 Å². The van der Waals surface area contributed by atoms with Crippen LogP contribution in [0.15, 0.2) is 47.4 Å². The molecule has 0 aromatic heterocycles. The van der Waals surface area contributed by atoms with E-state index in [1.54, 1.807) is 0 Å². The summed E-state index contributed by atoms with van der Waals surface area (Å²) in [5, 5.41) is 14.1. The molecule has 0 saturated carbocycles. The average molecular weight is 458 g/mol. The third kappa shape index (κ3) is 4.87. The van der Waals surface area contributed by atoms with Crippen molar-refractivity contribution >= 4 is 50.5 Å². The molecule has 0 aliphatic carbocycles. The highest BCUT2D eigenvalue weighted by molar-refractivity contribution is 7.89. The average Bonchev–Trinajstić information content (AvgIpc) is 2.70. The smallest absolute Gasteiger partial charge is 0.271 e. The molecule has 1 N–H and O–H groups in total. The van der Waals surface area contributed by atoms with E-state index in [1.807, 2.05) is 0 Å². The molecular weight excluding hydrogens is 441 g/mol. The number of rotatable bonds is 5. The molecule has 2 aromatic rings. The second kappa shape index (κ2) is 8.66. The van der Waals surface area contributed by atoms with E-state index in [-0.39, 0.29) is 27.8 Å². The van der Waals surface area contributed by atoms with Crippen LogP contribution in [-0.2, 0) is 14.8 Å². The number of carbonyl (C=O) groups excluding carboxylic acids is 1. The van der Waals surface area contributed by atoms with E-state index in [1.165, 1.54) is 46.8 Å². The molecule has 1 atom stereocenters. The Morgan fingerprint density at radius 3 is 2.52 bits per heavy atom. The highest BCUT2D eigenvalue weighted by atomic mass is 35.5. The Labute approximate surface area is 177 Å². The quantitative estimate of drug-likeness (QED) is 0.539. The zero-order valence-corrected chi connectivity index (χ0v) is 17.4. The van der Waals surface area contributed by atoms with Crippen molar-refractivity contribution in [1.29, 1.82) is 0 Å². The number of anilines is 1. The Hall–Kier alpha value is -2.20. The molecule has 2 aromatic carbocycles. The van der Waals surface area contributed by atoms with E-state index >= 15 is 0 Å². The van der Waals surface area contributed by atoms with Crippen LogP contribution in [0.2, 0.25) is 10.0 Å². The Bertz CT molecular complexity index is 1040. The summed E-state index contributed by atoms with van der Waals surface area (Å²) in [4.78, 5) is 23.1. The zero-order valence-electron chi connectivity index (χ0n) is 15.0. The molecule has 154 valence electrons. The van der Waals surface area contributed by atoms with Gasteiger partial charge in [0.25, 0.3) is 5.69 Å². The molecule has 0 unspecified atom stereocenters. The van der Waals surface area contributed by atoms with E-state index < -0.39 is 26.8 Å². The van der Waals surface area contributed by atoms with Gasteiger partial charge in [0.1, 0.15) is 0 Å². The minimum Gasteiger partial charge on any atom is -0.324 e. The van der Waals surface area contributed by atoms with Gasteiger partial charge in [0.15, 0.2) is 0 Å². The molecule has 8 nitrogen and oxygen atoms in total. The Morgan fingerprint density at radius 1 is 1.17 bits per heavy atom. The van der Waals surface area contributed by atoms with Gasteiger partial charge in [-0.2, -0.15) is 4.31 Å². The van der Waals surface area contributed by atoms with Gasteiger partial charge in [-0.3, -0.25) is 14.9 Å². The van der Waals surface area contributed by atoms with Crippen molar-refractivity contribution in [1.82, 2.24) is 4.31 Å². The van der Waals surface area contributed by atoms with E-state index in [0.29, 0.717) is 24.4 Å². The topological polar surface area (TPSA) is 110 Å². The van der Waals surface area contributed by atoms with Crippen molar-refractivity contribution in [2.45, 2.75) is 17.7 Å². The molecule has 0 bridgehead atoms. The maximum atomic E-state index is 12.9. The number of amides is 1. The first kappa shape index (κ1) is 21.5. The van der Waals surface area contributed by atoms with E-state index in [2.05, 4.69) is 5.32 Å². The van der Waals surface area contributed by atoms with Gasteiger partial charge < -0.3 is 5.32 Å². The number of benzene rings is 2. The van der Waals surface area contributed by atoms with Gasteiger partial charge in [-0.05, 0) is 43.2 Å². The molecule has 11 heteroatoms. The molecule has 3 rings (SSSR count). The normalized spacial score (nSPS) is 17.7. The largest absolute Gasteiger partial charge is 0.324 e. The summed E-state index contributed by atoms with van der Waals surface area (Å²) in [6.45, 7) is 0.301. The number of carbonyl (C=O) groups is 1. The van der Waals surface area contributed by atoms with Gasteiger partial charge in [0.2, 0.25) is 15.9 Å². The Balaban J connectivity index is 1.75. The first-order valence-electron chi connectivity index (χ1n) is 8.69. The summed E-state index contributed by atoms with van der Waals surface area (Å²) in [5.74, 6) is -1.05. The predicted molar refractivity (Wildman–Crippen MR) is 110 cm³/mol. The van der Waals surface area contributed by atoms with Gasteiger partial charge in [-0.1, -0.05) is 23.2 Å². The fraction of sp³-hybridized carbons (Fsp3) is 0.278. The molecule has 1 fully saturated rings. The Morgan fingerprint density at radius 2 is 1.86 bits per heavy atom. The van der Waals surface area contributed by atoms with Crippen molar-refractivity contribution in [3.8, 4) is 0 Å². The second-order valence-corrected chi connectivity index (χ2v) is 9.35. The molecule has 1 heterocycles. The van der Waals surface area contributed by atoms with Crippen LogP contribution < -0.4 is 5.32 Å². The molecule has 1 saturated heterocycles. The fourth-order valence-corrected chi connectivity index (χ4v) is 4.90. The third-order valence-corrected chi connectivity index (χ3v) is 7.09. The maximum Gasteiger partial charge on any atom is 0.271 e. The summed E-state index contributed by atoms with van der Waals surface area (Å²) in [7, 11) is -3.76. The van der Waals surface area contributed by atoms with E-state index in [4.69, 9.17) is 23.2 Å². The molecule has 1 aliphatic rings. The molecular formula is C18H17Cl2N3O5S. The minimum atomic E-state index is -3.76. The van der Waals surface area contributed by atoms with Crippen LogP contribution >= 0.6 is 23.2 Å². The highest BCUT2D eigenvalue weighted by Gasteiger charge is 2.33. The fourth-order valence-electron chi connectivity index (χ4n) is 3.09. The minimum absolute atomic E-state index is 0.00331. The zero-order chi connectivity index (χ0) is 21.2. The lowest BCUT2D eigenvalue weighted by Crippen LogP contribution is -2.43. The summed E-state index contributed by atoms with van der Waals surface area (Å²) in [6.07, 6.45) is 0.999. The third-order valence-electron chi connectivity index (χ3n) is 4.62. The SMILES string of the molecule is O=C(Nc1cc([N+](=O)[O-])ccc1Cl)[C@H]1CCCN(S(=O)(=O)c2ccc(Cl)cc2)C1. The predicted octanol–water partition coefficient (Wildman–Crippen LogP) is 3.94. The van der Waals surface area contributed by atoms with Crippen LogP contribution in [0.25, 0.3) is 0 Å². The lowest BCUT2D eigenvalue weighted by Gasteiger charge is -2.31. The molecule has 0 radical (unpaired) electrons. The number of hydrogen-bond acceptors (Lipinski definition) is 5. The van der Waals surface area contributed by atoms with Gasteiger partial charge in [0, 0.05) is 30.2 Å². The summed E-state index contributed by atoms with van der Waals surface area (Å²) < 4.78 is 27.0. The number of nitrogens with one attached hydrogen (secondary N) is 1. The van der Waals surface area contributed by atoms with Crippen LogP contribution in [0, 0.1) is 16.0 Å². The number of sulfonamides is 1. The molecule has 0 spiro atoms. The maximum absolute atomic E-state index is 12.9. The summed E-state index contributed by atoms with van der Waals surface area (Å²) in [6, 6.07) is 9.56. The van der Waals surface area contributed by atoms with Crippen LogP contribution in [-0.4, -0.2) is 36.6 Å². The number of piperidine rings is 1. The number of nitro groups is 1. The van der Waals surface area contributed by atoms with Gasteiger partial charge in [-0.25, -0.2) is 8.42 Å². The molecule has 1 amide bonds. The van der Waals surface area contributed by atoms with Crippen molar-refractivity contribution in [2.75, 3.05) is 18.4 Å². The lowest BCUT2D eigenvalue weighted by atomic mass is 9.98. The number of halogens is 2. The summed E-state index contributed by atoms with van der Waals surface area (Å²) >= 11 is 11.8. The highest BCUT2D eigenvalue weighted by Crippen LogP contribution is 2.29. The number of non-ortho nitro benzene ring substituents is 1. The molecule has 29 heavy (non-hydrogen) atoms. The number of nitro benzene ring substituents is 1. The van der Waals surface area contributed by atoms with Crippen LogP contribution in [0.4, 0.5) is 11.4 Å². The van der Waals surface area contributed by atoms with Gasteiger partial charge in [-0.15, -0.1) is 0 Å². The number of nitrogens with zero attached hydrogens (tertiary/aromatic N) is 2. The van der Waals surface area contributed by atoms with Crippen LogP contribution in [0.1, 0.15) is 12.8 Å². The number of hydrogen-bond donors (Lipinski definition) is 1. The van der Waals surface area contributed by atoms with Crippen LogP contribution in [0.5, 0.6) is 0 Å². The van der Waals surface area contributed by atoms with E-state index in [9.17, 15) is 23.3 Å². The van der Waals surface area contributed by atoms with Crippen molar-refractivity contribution < 1.29 is 18.1 Å². The van der Waals surface area contributed by atoms with Crippen LogP contribution in [0.3, 0.4) is 0 Å².